The van der Waals surface area contributed by atoms with Crippen molar-refractivity contribution in [3.8, 4) is 0 Å². The van der Waals surface area contributed by atoms with Crippen LogP contribution >= 0.6 is 24.0 Å². The number of rotatable bonds is 8. The van der Waals surface area contributed by atoms with Gasteiger partial charge in [0.2, 0.25) is 5.95 Å². The first kappa shape index (κ1) is 27.1. The van der Waals surface area contributed by atoms with Crippen molar-refractivity contribution in [2.24, 2.45) is 4.99 Å². The number of hydrogen-bond acceptors (Lipinski definition) is 5. The van der Waals surface area contributed by atoms with Gasteiger partial charge in [-0.3, -0.25) is 9.89 Å². The van der Waals surface area contributed by atoms with Gasteiger partial charge in [-0.15, -0.1) is 24.0 Å². The van der Waals surface area contributed by atoms with E-state index >= 15 is 0 Å². The minimum Gasteiger partial charge on any atom is -0.357 e. The van der Waals surface area contributed by atoms with E-state index in [4.69, 9.17) is 0 Å². The second-order valence-electron chi connectivity index (χ2n) is 7.63. The number of piperidine rings is 1. The van der Waals surface area contributed by atoms with Crippen LogP contribution in [0.5, 0.6) is 0 Å². The third-order valence-electron chi connectivity index (χ3n) is 5.13. The summed E-state index contributed by atoms with van der Waals surface area (Å²) in [7, 11) is 0. The standard InChI is InChI=1S/C22H30F3N7.HI/c1-2-26-20(28-12-13-29-21-27-11-8-19(31-21)22(23,24)25)30-18-9-14-32(15-10-18)16-17-6-4-3-5-7-17;/h3-8,11,18H,2,9-10,12-16H2,1H3,(H2,26,28,30)(H,27,29,31);1H. The fourth-order valence-electron chi connectivity index (χ4n) is 3.53. The highest BCUT2D eigenvalue weighted by Gasteiger charge is 2.32. The Morgan fingerprint density at radius 3 is 2.55 bits per heavy atom. The molecule has 1 aliphatic rings. The summed E-state index contributed by atoms with van der Waals surface area (Å²) in [6, 6.07) is 11.6. The molecular formula is C22H31F3IN7. The summed E-state index contributed by atoms with van der Waals surface area (Å²) in [5, 5.41) is 9.50. The van der Waals surface area contributed by atoms with E-state index in [-0.39, 0.29) is 29.9 Å². The summed E-state index contributed by atoms with van der Waals surface area (Å²) in [6.45, 7) is 6.41. The molecule has 0 atom stereocenters. The zero-order chi connectivity index (χ0) is 22.8. The van der Waals surface area contributed by atoms with E-state index in [9.17, 15) is 13.2 Å². The number of anilines is 1. The van der Waals surface area contributed by atoms with Gasteiger partial charge < -0.3 is 16.0 Å². The van der Waals surface area contributed by atoms with Crippen molar-refractivity contribution in [3.05, 3.63) is 53.9 Å². The van der Waals surface area contributed by atoms with E-state index in [1.165, 1.54) is 5.56 Å². The van der Waals surface area contributed by atoms with Gasteiger partial charge in [0.1, 0.15) is 5.69 Å². The van der Waals surface area contributed by atoms with Crippen molar-refractivity contribution in [2.75, 3.05) is 38.0 Å². The lowest BCUT2D eigenvalue weighted by molar-refractivity contribution is -0.141. The number of halogens is 4. The van der Waals surface area contributed by atoms with Crippen LogP contribution in [0.2, 0.25) is 0 Å². The molecule has 1 fully saturated rings. The molecule has 3 N–H and O–H groups in total. The lowest BCUT2D eigenvalue weighted by atomic mass is 10.0. The zero-order valence-electron chi connectivity index (χ0n) is 18.6. The van der Waals surface area contributed by atoms with Crippen LogP contribution in [0, 0.1) is 0 Å². The Labute approximate surface area is 209 Å². The number of alkyl halides is 3. The van der Waals surface area contributed by atoms with Crippen molar-refractivity contribution >= 4 is 35.9 Å². The van der Waals surface area contributed by atoms with Crippen LogP contribution in [-0.2, 0) is 12.7 Å². The highest BCUT2D eigenvalue weighted by atomic mass is 127. The van der Waals surface area contributed by atoms with Crippen LogP contribution < -0.4 is 16.0 Å². The molecule has 0 aliphatic carbocycles. The van der Waals surface area contributed by atoms with Crippen LogP contribution in [0.1, 0.15) is 31.0 Å². The van der Waals surface area contributed by atoms with Crippen LogP contribution in [-0.4, -0.2) is 59.6 Å². The van der Waals surface area contributed by atoms with E-state index in [1.807, 2.05) is 13.0 Å². The third kappa shape index (κ3) is 9.32. The number of aliphatic imine (C=N–C) groups is 1. The summed E-state index contributed by atoms with van der Waals surface area (Å²) >= 11 is 0. The number of nitrogens with zero attached hydrogens (tertiary/aromatic N) is 4. The predicted octanol–water partition coefficient (Wildman–Crippen LogP) is 3.75. The molecule has 2 aromatic rings. The highest BCUT2D eigenvalue weighted by molar-refractivity contribution is 14.0. The van der Waals surface area contributed by atoms with E-state index < -0.39 is 11.9 Å². The Morgan fingerprint density at radius 1 is 1.15 bits per heavy atom. The monoisotopic (exact) mass is 577 g/mol. The zero-order valence-corrected chi connectivity index (χ0v) is 20.9. The normalized spacial score (nSPS) is 15.6. The van der Waals surface area contributed by atoms with Gasteiger partial charge >= 0.3 is 6.18 Å². The molecule has 0 amide bonds. The summed E-state index contributed by atoms with van der Waals surface area (Å²) in [6.07, 6.45) is -1.35. The smallest absolute Gasteiger partial charge is 0.357 e. The van der Waals surface area contributed by atoms with Gasteiger partial charge in [0.25, 0.3) is 0 Å². The summed E-state index contributed by atoms with van der Waals surface area (Å²) < 4.78 is 38.2. The topological polar surface area (TPSA) is 77.5 Å². The summed E-state index contributed by atoms with van der Waals surface area (Å²) in [5.74, 6) is 0.652. The highest BCUT2D eigenvalue weighted by Crippen LogP contribution is 2.27. The maximum atomic E-state index is 12.7. The van der Waals surface area contributed by atoms with E-state index in [0.29, 0.717) is 25.1 Å². The van der Waals surface area contributed by atoms with Crippen LogP contribution in [0.25, 0.3) is 0 Å². The van der Waals surface area contributed by atoms with Gasteiger partial charge in [0, 0.05) is 45.0 Å². The van der Waals surface area contributed by atoms with Crippen molar-refractivity contribution in [1.82, 2.24) is 25.5 Å². The first-order valence-corrected chi connectivity index (χ1v) is 10.9. The van der Waals surface area contributed by atoms with E-state index in [1.54, 1.807) is 0 Å². The molecule has 3 rings (SSSR count). The molecule has 33 heavy (non-hydrogen) atoms. The fraction of sp³-hybridized carbons (Fsp3) is 0.500. The molecular weight excluding hydrogens is 546 g/mol. The lowest BCUT2D eigenvalue weighted by Crippen LogP contribution is -2.48. The summed E-state index contributed by atoms with van der Waals surface area (Å²) in [5.41, 5.74) is 0.359. The Morgan fingerprint density at radius 2 is 1.88 bits per heavy atom. The summed E-state index contributed by atoms with van der Waals surface area (Å²) in [4.78, 5) is 14.3. The Kier molecular flexibility index (Phi) is 11.1. The molecule has 0 radical (unpaired) electrons. The number of likely N-dealkylation sites (tertiary alicyclic amines) is 1. The van der Waals surface area contributed by atoms with Gasteiger partial charge in [-0.25, -0.2) is 9.97 Å². The average molecular weight is 577 g/mol. The maximum Gasteiger partial charge on any atom is 0.433 e. The number of guanidine groups is 1. The van der Waals surface area contributed by atoms with Gasteiger partial charge in [-0.1, -0.05) is 30.3 Å². The number of hydrogen-bond donors (Lipinski definition) is 3. The molecule has 1 saturated heterocycles. The molecule has 182 valence electrons. The fourth-order valence-corrected chi connectivity index (χ4v) is 3.53. The SMILES string of the molecule is CCNC(=NCCNc1nccc(C(F)(F)F)n1)NC1CCN(Cc2ccccc2)CC1.I. The lowest BCUT2D eigenvalue weighted by Gasteiger charge is -2.33. The Hall–Kier alpha value is -2.15. The number of benzene rings is 1. The predicted molar refractivity (Wildman–Crippen MR) is 135 cm³/mol. The van der Waals surface area contributed by atoms with E-state index in [2.05, 4.69) is 60.1 Å². The van der Waals surface area contributed by atoms with Gasteiger partial charge in [0.15, 0.2) is 5.96 Å². The van der Waals surface area contributed by atoms with Crippen molar-refractivity contribution < 1.29 is 13.2 Å². The first-order chi connectivity index (χ1) is 15.4. The molecule has 0 unspecified atom stereocenters. The minimum atomic E-state index is -4.49. The van der Waals surface area contributed by atoms with E-state index in [0.717, 1.165) is 51.3 Å². The van der Waals surface area contributed by atoms with Crippen LogP contribution in [0.15, 0.2) is 47.6 Å². The molecule has 0 spiro atoms. The molecule has 0 saturated carbocycles. The Balaban J connectivity index is 0.00000385. The van der Waals surface area contributed by atoms with Gasteiger partial charge in [-0.05, 0) is 31.4 Å². The number of nitrogens with one attached hydrogen (secondary N) is 3. The number of aromatic nitrogens is 2. The minimum absolute atomic E-state index is 0. The second-order valence-corrected chi connectivity index (χ2v) is 7.63. The molecule has 7 nitrogen and oxygen atoms in total. The van der Waals surface area contributed by atoms with Gasteiger partial charge in [0.05, 0.1) is 6.54 Å². The molecule has 11 heteroatoms. The van der Waals surface area contributed by atoms with Crippen molar-refractivity contribution in [2.45, 2.75) is 38.5 Å². The molecule has 2 heterocycles. The maximum absolute atomic E-state index is 12.7. The first-order valence-electron chi connectivity index (χ1n) is 10.9. The molecule has 1 aliphatic heterocycles. The van der Waals surface area contributed by atoms with Crippen molar-refractivity contribution in [3.63, 3.8) is 0 Å². The Bertz CT molecular complexity index is 857. The van der Waals surface area contributed by atoms with Crippen molar-refractivity contribution in [1.29, 1.82) is 0 Å². The molecule has 0 bridgehead atoms. The van der Waals surface area contributed by atoms with Gasteiger partial charge in [-0.2, -0.15) is 13.2 Å². The van der Waals surface area contributed by atoms with Crippen LogP contribution in [0.3, 0.4) is 0 Å². The van der Waals surface area contributed by atoms with Crippen LogP contribution in [0.4, 0.5) is 19.1 Å². The third-order valence-corrected chi connectivity index (χ3v) is 5.13. The largest absolute Gasteiger partial charge is 0.433 e. The quantitative estimate of drug-likeness (QED) is 0.192. The average Bonchev–Trinajstić information content (AvgIpc) is 2.78. The molecule has 1 aromatic heterocycles. The second kappa shape index (κ2) is 13.5. The molecule has 1 aromatic carbocycles.